The SMILES string of the molecule is O=C(Nc1ccc(S(=O)(=O)Nc2ccccc2-c2nc3ccccc3[nH]2)cc1)c1ccccn1. The summed E-state index contributed by atoms with van der Waals surface area (Å²) < 4.78 is 28.8. The molecule has 5 rings (SSSR count). The number of para-hydroxylation sites is 3. The molecule has 0 atom stereocenters. The van der Waals surface area contributed by atoms with Crippen molar-refractivity contribution in [3.8, 4) is 11.4 Å². The summed E-state index contributed by atoms with van der Waals surface area (Å²) in [6.45, 7) is 0. The van der Waals surface area contributed by atoms with Gasteiger partial charge in [-0.1, -0.05) is 30.3 Å². The van der Waals surface area contributed by atoms with Gasteiger partial charge in [0.2, 0.25) is 0 Å². The van der Waals surface area contributed by atoms with Gasteiger partial charge in [0.05, 0.1) is 21.6 Å². The van der Waals surface area contributed by atoms with E-state index < -0.39 is 10.0 Å². The van der Waals surface area contributed by atoms with E-state index in [1.165, 1.54) is 30.5 Å². The maximum absolute atomic E-state index is 13.1. The molecule has 9 heteroatoms. The minimum Gasteiger partial charge on any atom is -0.338 e. The molecule has 34 heavy (non-hydrogen) atoms. The van der Waals surface area contributed by atoms with Crippen molar-refractivity contribution >= 4 is 38.3 Å². The number of hydrogen-bond donors (Lipinski definition) is 3. The van der Waals surface area contributed by atoms with E-state index in [1.54, 1.807) is 36.4 Å². The van der Waals surface area contributed by atoms with Gasteiger partial charge in [-0.15, -0.1) is 0 Å². The summed E-state index contributed by atoms with van der Waals surface area (Å²) in [6.07, 6.45) is 1.53. The Kier molecular flexibility index (Phi) is 5.52. The molecule has 0 fully saturated rings. The van der Waals surface area contributed by atoms with Crippen molar-refractivity contribution < 1.29 is 13.2 Å². The number of amides is 1. The summed E-state index contributed by atoms with van der Waals surface area (Å²) >= 11 is 0. The minimum atomic E-state index is -3.89. The molecule has 8 nitrogen and oxygen atoms in total. The smallest absolute Gasteiger partial charge is 0.274 e. The van der Waals surface area contributed by atoms with Crippen LogP contribution in [0.5, 0.6) is 0 Å². The van der Waals surface area contributed by atoms with Crippen LogP contribution in [0.2, 0.25) is 0 Å². The lowest BCUT2D eigenvalue weighted by Crippen LogP contribution is -2.15. The summed E-state index contributed by atoms with van der Waals surface area (Å²) in [5.74, 6) is 0.182. The zero-order valence-corrected chi connectivity index (χ0v) is 18.6. The number of anilines is 2. The van der Waals surface area contributed by atoms with Crippen LogP contribution in [0.15, 0.2) is 102 Å². The van der Waals surface area contributed by atoms with Crippen LogP contribution < -0.4 is 10.0 Å². The van der Waals surface area contributed by atoms with Crippen molar-refractivity contribution in [3.05, 3.63) is 103 Å². The second kappa shape index (κ2) is 8.80. The molecule has 0 saturated carbocycles. The average molecular weight is 470 g/mol. The largest absolute Gasteiger partial charge is 0.338 e. The van der Waals surface area contributed by atoms with E-state index in [4.69, 9.17) is 0 Å². The van der Waals surface area contributed by atoms with Crippen LogP contribution in [-0.2, 0) is 10.0 Å². The van der Waals surface area contributed by atoms with E-state index in [1.807, 2.05) is 30.3 Å². The van der Waals surface area contributed by atoms with E-state index in [-0.39, 0.29) is 16.5 Å². The van der Waals surface area contributed by atoms with Gasteiger partial charge in [0.1, 0.15) is 11.5 Å². The minimum absolute atomic E-state index is 0.0581. The van der Waals surface area contributed by atoms with Crippen molar-refractivity contribution in [3.63, 3.8) is 0 Å². The lowest BCUT2D eigenvalue weighted by molar-refractivity contribution is 0.102. The van der Waals surface area contributed by atoms with E-state index in [0.29, 0.717) is 22.8 Å². The zero-order chi connectivity index (χ0) is 23.5. The molecule has 1 amide bonds. The van der Waals surface area contributed by atoms with Crippen LogP contribution in [0.3, 0.4) is 0 Å². The standard InChI is InChI=1S/C25H19N5O3S/c31-25(23-11-5-6-16-26-23)27-17-12-14-18(15-13-17)34(32,33)30-20-8-2-1-7-19(20)24-28-21-9-3-4-10-22(21)29-24/h1-16,30H,(H,27,31)(H,28,29). The number of rotatable bonds is 6. The summed E-state index contributed by atoms with van der Waals surface area (Å²) in [4.78, 5) is 24.1. The molecule has 2 heterocycles. The first-order valence-electron chi connectivity index (χ1n) is 10.4. The highest BCUT2D eigenvalue weighted by Gasteiger charge is 2.18. The summed E-state index contributed by atoms with van der Waals surface area (Å²) in [5.41, 5.74) is 3.40. The number of aromatic nitrogens is 3. The predicted molar refractivity (Wildman–Crippen MR) is 131 cm³/mol. The Hall–Kier alpha value is -4.50. The maximum Gasteiger partial charge on any atom is 0.274 e. The molecule has 5 aromatic rings. The first-order valence-corrected chi connectivity index (χ1v) is 11.9. The zero-order valence-electron chi connectivity index (χ0n) is 17.8. The van der Waals surface area contributed by atoms with Gasteiger partial charge in [0.25, 0.3) is 15.9 Å². The Labute approximate surface area is 195 Å². The Balaban J connectivity index is 1.37. The fourth-order valence-corrected chi connectivity index (χ4v) is 4.55. The van der Waals surface area contributed by atoms with Crippen LogP contribution in [-0.4, -0.2) is 29.3 Å². The third kappa shape index (κ3) is 4.37. The summed E-state index contributed by atoms with van der Waals surface area (Å²) in [6, 6.07) is 25.6. The number of benzene rings is 3. The fourth-order valence-electron chi connectivity index (χ4n) is 3.47. The molecule has 0 bridgehead atoms. The number of aromatic amines is 1. The molecule has 2 aromatic heterocycles. The van der Waals surface area contributed by atoms with Gasteiger partial charge in [-0.05, 0) is 60.7 Å². The number of fused-ring (bicyclic) bond motifs is 1. The summed E-state index contributed by atoms with van der Waals surface area (Å²) in [7, 11) is -3.89. The van der Waals surface area contributed by atoms with Crippen molar-refractivity contribution in [1.29, 1.82) is 0 Å². The number of imidazole rings is 1. The highest BCUT2D eigenvalue weighted by Crippen LogP contribution is 2.29. The van der Waals surface area contributed by atoms with Crippen molar-refractivity contribution in [2.75, 3.05) is 10.0 Å². The lowest BCUT2D eigenvalue weighted by Gasteiger charge is -2.12. The molecule has 3 N–H and O–H groups in total. The first-order chi connectivity index (χ1) is 16.5. The first kappa shape index (κ1) is 21.4. The molecular formula is C25H19N5O3S. The van der Waals surface area contributed by atoms with Crippen LogP contribution in [0, 0.1) is 0 Å². The third-order valence-corrected chi connectivity index (χ3v) is 6.52. The predicted octanol–water partition coefficient (Wildman–Crippen LogP) is 4.68. The molecule has 0 aliphatic heterocycles. The van der Waals surface area contributed by atoms with Gasteiger partial charge in [0.15, 0.2) is 0 Å². The van der Waals surface area contributed by atoms with Crippen LogP contribution in [0.4, 0.5) is 11.4 Å². The van der Waals surface area contributed by atoms with Crippen LogP contribution in [0.25, 0.3) is 22.4 Å². The number of sulfonamides is 1. The van der Waals surface area contributed by atoms with Gasteiger partial charge >= 0.3 is 0 Å². The van der Waals surface area contributed by atoms with Gasteiger partial charge in [-0.2, -0.15) is 0 Å². The topological polar surface area (TPSA) is 117 Å². The van der Waals surface area contributed by atoms with Crippen LogP contribution >= 0.6 is 0 Å². The van der Waals surface area contributed by atoms with Gasteiger partial charge in [0, 0.05) is 17.4 Å². The molecule has 168 valence electrons. The molecule has 3 aromatic carbocycles. The molecule has 0 spiro atoms. The summed E-state index contributed by atoms with van der Waals surface area (Å²) in [5, 5.41) is 2.70. The number of carbonyl (C=O) groups is 1. The molecule has 0 unspecified atom stereocenters. The average Bonchev–Trinajstić information content (AvgIpc) is 3.29. The van der Waals surface area contributed by atoms with Crippen molar-refractivity contribution in [2.24, 2.45) is 0 Å². The molecule has 0 saturated heterocycles. The van der Waals surface area contributed by atoms with Crippen LogP contribution in [0.1, 0.15) is 10.5 Å². The molecular weight excluding hydrogens is 450 g/mol. The lowest BCUT2D eigenvalue weighted by atomic mass is 10.2. The number of pyridine rings is 1. The highest BCUT2D eigenvalue weighted by atomic mass is 32.2. The van der Waals surface area contributed by atoms with E-state index >= 15 is 0 Å². The van der Waals surface area contributed by atoms with E-state index in [2.05, 4.69) is 25.0 Å². The maximum atomic E-state index is 13.1. The monoisotopic (exact) mass is 469 g/mol. The number of H-pyrrole nitrogens is 1. The number of nitrogens with zero attached hydrogens (tertiary/aromatic N) is 2. The second-order valence-electron chi connectivity index (χ2n) is 7.45. The Morgan fingerprint density at radius 1 is 0.824 bits per heavy atom. The Bertz CT molecular complexity index is 1550. The number of carbonyl (C=O) groups excluding carboxylic acids is 1. The quantitative estimate of drug-likeness (QED) is 0.334. The number of hydrogen-bond acceptors (Lipinski definition) is 5. The van der Waals surface area contributed by atoms with Crippen molar-refractivity contribution in [1.82, 2.24) is 15.0 Å². The van der Waals surface area contributed by atoms with E-state index in [0.717, 1.165) is 11.0 Å². The second-order valence-corrected chi connectivity index (χ2v) is 9.13. The molecule has 0 radical (unpaired) electrons. The van der Waals surface area contributed by atoms with Crippen molar-refractivity contribution in [2.45, 2.75) is 4.90 Å². The Morgan fingerprint density at radius 2 is 1.56 bits per heavy atom. The highest BCUT2D eigenvalue weighted by molar-refractivity contribution is 7.92. The normalized spacial score (nSPS) is 11.3. The third-order valence-electron chi connectivity index (χ3n) is 5.14. The Morgan fingerprint density at radius 3 is 2.32 bits per heavy atom. The van der Waals surface area contributed by atoms with Gasteiger partial charge in [-0.25, -0.2) is 13.4 Å². The van der Waals surface area contributed by atoms with E-state index in [9.17, 15) is 13.2 Å². The molecule has 0 aliphatic rings. The fraction of sp³-hybridized carbons (Fsp3) is 0. The number of nitrogens with one attached hydrogen (secondary N) is 3. The van der Waals surface area contributed by atoms with Gasteiger partial charge < -0.3 is 10.3 Å². The molecule has 0 aliphatic carbocycles. The van der Waals surface area contributed by atoms with Gasteiger partial charge in [-0.3, -0.25) is 14.5 Å².